The van der Waals surface area contributed by atoms with Crippen molar-refractivity contribution in [1.82, 2.24) is 5.32 Å². The molecule has 0 aromatic heterocycles. The first-order valence-electron chi connectivity index (χ1n) is 6.02. The number of hydrogen-bond acceptors (Lipinski definition) is 2. The van der Waals surface area contributed by atoms with Crippen LogP contribution in [0.2, 0.25) is 5.02 Å². The van der Waals surface area contributed by atoms with Crippen LogP contribution in [0, 0.1) is 0 Å². The van der Waals surface area contributed by atoms with Gasteiger partial charge in [0.1, 0.15) is 5.75 Å². The van der Waals surface area contributed by atoms with Crippen LogP contribution in [-0.2, 0) is 4.79 Å². The Morgan fingerprint density at radius 1 is 1.33 bits per heavy atom. The lowest BCUT2D eigenvalue weighted by molar-refractivity contribution is -0.858. The number of ether oxygens (including phenoxy) is 1. The third-order valence-corrected chi connectivity index (χ3v) is 2.61. The molecule has 4 nitrogen and oxygen atoms in total. The SMILES string of the molecule is C[NH+](C)CCCNC(=O)COc1ccc(Cl)cc1. The fourth-order valence-electron chi connectivity index (χ4n) is 1.40. The standard InChI is InChI=1S/C13H19ClN2O2/c1-16(2)9-3-8-15-13(17)10-18-12-6-4-11(14)5-7-12/h4-7H,3,8-10H2,1-2H3,(H,15,17)/p+1. The maximum absolute atomic E-state index is 11.5. The van der Waals surface area contributed by atoms with Gasteiger partial charge < -0.3 is 15.0 Å². The number of rotatable bonds is 7. The topological polar surface area (TPSA) is 42.8 Å². The van der Waals surface area contributed by atoms with Gasteiger partial charge in [-0.2, -0.15) is 0 Å². The zero-order valence-corrected chi connectivity index (χ0v) is 11.6. The van der Waals surface area contributed by atoms with Crippen LogP contribution in [0.3, 0.4) is 0 Å². The quantitative estimate of drug-likeness (QED) is 0.704. The smallest absolute Gasteiger partial charge is 0.257 e. The van der Waals surface area contributed by atoms with Crippen molar-refractivity contribution in [2.75, 3.05) is 33.8 Å². The molecule has 0 atom stereocenters. The molecule has 0 heterocycles. The van der Waals surface area contributed by atoms with E-state index in [1.807, 2.05) is 0 Å². The van der Waals surface area contributed by atoms with Gasteiger partial charge >= 0.3 is 0 Å². The number of carbonyl (C=O) groups is 1. The van der Waals surface area contributed by atoms with Crippen LogP contribution in [0.5, 0.6) is 5.75 Å². The minimum absolute atomic E-state index is 0.0381. The maximum Gasteiger partial charge on any atom is 0.257 e. The van der Waals surface area contributed by atoms with Crippen molar-refractivity contribution in [3.8, 4) is 5.75 Å². The second kappa shape index (κ2) is 7.95. The van der Waals surface area contributed by atoms with Crippen LogP contribution >= 0.6 is 11.6 Å². The molecule has 100 valence electrons. The molecule has 0 radical (unpaired) electrons. The molecule has 0 fully saturated rings. The van der Waals surface area contributed by atoms with E-state index in [1.165, 1.54) is 4.90 Å². The Morgan fingerprint density at radius 2 is 2.00 bits per heavy atom. The average Bonchev–Trinajstić information content (AvgIpc) is 2.34. The van der Waals surface area contributed by atoms with Gasteiger partial charge in [0.2, 0.25) is 0 Å². The Labute approximate surface area is 113 Å². The zero-order chi connectivity index (χ0) is 13.4. The highest BCUT2D eigenvalue weighted by Crippen LogP contribution is 2.15. The van der Waals surface area contributed by atoms with Crippen molar-refractivity contribution in [2.24, 2.45) is 0 Å². The summed E-state index contributed by atoms with van der Waals surface area (Å²) in [6.07, 6.45) is 0.967. The van der Waals surface area contributed by atoms with Crippen molar-refractivity contribution in [1.29, 1.82) is 0 Å². The van der Waals surface area contributed by atoms with E-state index in [0.717, 1.165) is 13.0 Å². The molecule has 0 spiro atoms. The predicted octanol–water partition coefficient (Wildman–Crippen LogP) is 0.370. The molecule has 1 amide bonds. The molecule has 0 unspecified atom stereocenters. The van der Waals surface area contributed by atoms with Crippen LogP contribution in [0.25, 0.3) is 0 Å². The third kappa shape index (κ3) is 6.47. The lowest BCUT2D eigenvalue weighted by Gasteiger charge is -2.09. The summed E-state index contributed by atoms with van der Waals surface area (Å²) in [5.41, 5.74) is 0. The summed E-state index contributed by atoms with van der Waals surface area (Å²) in [6.45, 7) is 1.77. The van der Waals surface area contributed by atoms with Crippen molar-refractivity contribution in [3.63, 3.8) is 0 Å². The van der Waals surface area contributed by atoms with E-state index < -0.39 is 0 Å². The van der Waals surface area contributed by atoms with Crippen molar-refractivity contribution >= 4 is 17.5 Å². The second-order valence-electron chi connectivity index (χ2n) is 4.40. The minimum atomic E-state index is -0.0984. The molecule has 2 N–H and O–H groups in total. The van der Waals surface area contributed by atoms with E-state index in [0.29, 0.717) is 17.3 Å². The summed E-state index contributed by atoms with van der Waals surface area (Å²) < 4.78 is 5.33. The zero-order valence-electron chi connectivity index (χ0n) is 10.8. The summed E-state index contributed by atoms with van der Waals surface area (Å²) in [5.74, 6) is 0.547. The van der Waals surface area contributed by atoms with Gasteiger partial charge in [-0.05, 0) is 24.3 Å². The van der Waals surface area contributed by atoms with Gasteiger partial charge in [-0.25, -0.2) is 0 Å². The summed E-state index contributed by atoms with van der Waals surface area (Å²) in [7, 11) is 4.18. The van der Waals surface area contributed by atoms with Crippen molar-refractivity contribution in [3.05, 3.63) is 29.3 Å². The highest BCUT2D eigenvalue weighted by atomic mass is 35.5. The van der Waals surface area contributed by atoms with Crippen LogP contribution in [-0.4, -0.2) is 39.7 Å². The number of quaternary nitrogens is 1. The number of nitrogens with one attached hydrogen (secondary N) is 2. The second-order valence-corrected chi connectivity index (χ2v) is 4.84. The maximum atomic E-state index is 11.5. The molecule has 18 heavy (non-hydrogen) atoms. The van der Waals surface area contributed by atoms with E-state index >= 15 is 0 Å². The molecule has 5 heteroatoms. The molecular formula is C13H20ClN2O2+. The van der Waals surface area contributed by atoms with Crippen LogP contribution in [0.4, 0.5) is 0 Å². The molecule has 0 saturated carbocycles. The van der Waals surface area contributed by atoms with Gasteiger partial charge in [0.25, 0.3) is 5.91 Å². The Hall–Kier alpha value is -1.26. The fraction of sp³-hybridized carbons (Fsp3) is 0.462. The fourth-order valence-corrected chi connectivity index (χ4v) is 1.53. The van der Waals surface area contributed by atoms with Crippen molar-refractivity contribution < 1.29 is 14.4 Å². The average molecular weight is 272 g/mol. The Morgan fingerprint density at radius 3 is 2.61 bits per heavy atom. The first-order chi connectivity index (χ1) is 8.58. The first kappa shape index (κ1) is 14.8. The van der Waals surface area contributed by atoms with Gasteiger partial charge in [0.15, 0.2) is 6.61 Å². The monoisotopic (exact) mass is 271 g/mol. The number of carbonyl (C=O) groups excluding carboxylic acids is 1. The molecule has 1 aromatic carbocycles. The largest absolute Gasteiger partial charge is 0.484 e. The lowest BCUT2D eigenvalue weighted by Crippen LogP contribution is -3.05. The van der Waals surface area contributed by atoms with E-state index in [2.05, 4.69) is 19.4 Å². The Kier molecular flexibility index (Phi) is 6.54. The first-order valence-corrected chi connectivity index (χ1v) is 6.40. The summed E-state index contributed by atoms with van der Waals surface area (Å²) in [4.78, 5) is 12.8. The van der Waals surface area contributed by atoms with E-state index in [9.17, 15) is 4.79 Å². The van der Waals surface area contributed by atoms with Crippen LogP contribution < -0.4 is 15.0 Å². The van der Waals surface area contributed by atoms with Crippen LogP contribution in [0.15, 0.2) is 24.3 Å². The molecule has 0 aliphatic heterocycles. The summed E-state index contributed by atoms with van der Waals surface area (Å²) in [5, 5.41) is 3.47. The number of amides is 1. The summed E-state index contributed by atoms with van der Waals surface area (Å²) >= 11 is 5.75. The normalized spacial score (nSPS) is 10.4. The molecule has 0 bridgehead atoms. The number of benzene rings is 1. The van der Waals surface area contributed by atoms with Gasteiger partial charge in [-0.3, -0.25) is 4.79 Å². The molecule has 0 aliphatic carbocycles. The highest BCUT2D eigenvalue weighted by Gasteiger charge is 2.02. The molecule has 0 aliphatic rings. The predicted molar refractivity (Wildman–Crippen MR) is 72.3 cm³/mol. The number of halogens is 1. The molecular weight excluding hydrogens is 252 g/mol. The lowest BCUT2D eigenvalue weighted by atomic mass is 10.3. The van der Waals surface area contributed by atoms with Crippen LogP contribution in [0.1, 0.15) is 6.42 Å². The van der Waals surface area contributed by atoms with E-state index in [1.54, 1.807) is 24.3 Å². The molecule has 0 saturated heterocycles. The van der Waals surface area contributed by atoms with Gasteiger partial charge in [-0.1, -0.05) is 11.6 Å². The Bertz CT molecular complexity index is 366. The molecule has 1 rings (SSSR count). The highest BCUT2D eigenvalue weighted by molar-refractivity contribution is 6.30. The van der Waals surface area contributed by atoms with Gasteiger partial charge in [0, 0.05) is 18.0 Å². The number of hydrogen-bond donors (Lipinski definition) is 2. The Balaban J connectivity index is 2.15. The van der Waals surface area contributed by atoms with Gasteiger partial charge in [0.05, 0.1) is 20.6 Å². The third-order valence-electron chi connectivity index (χ3n) is 2.36. The minimum Gasteiger partial charge on any atom is -0.484 e. The molecule has 1 aromatic rings. The van der Waals surface area contributed by atoms with E-state index in [-0.39, 0.29) is 12.5 Å². The van der Waals surface area contributed by atoms with Gasteiger partial charge in [-0.15, -0.1) is 0 Å². The van der Waals surface area contributed by atoms with E-state index in [4.69, 9.17) is 16.3 Å². The summed E-state index contributed by atoms with van der Waals surface area (Å²) in [6, 6.07) is 6.94. The van der Waals surface area contributed by atoms with Crippen molar-refractivity contribution in [2.45, 2.75) is 6.42 Å².